The minimum Gasteiger partial charge on any atom is -0.338 e. The van der Waals surface area contributed by atoms with Gasteiger partial charge in [0.15, 0.2) is 0 Å². The van der Waals surface area contributed by atoms with Crippen molar-refractivity contribution in [3.63, 3.8) is 0 Å². The Balaban J connectivity index is 3.36. The summed E-state index contributed by atoms with van der Waals surface area (Å²) in [7, 11) is -3.43. The predicted octanol–water partition coefficient (Wildman–Crippen LogP) is 3.62. The molecule has 0 aliphatic heterocycles. The summed E-state index contributed by atoms with van der Waals surface area (Å²) < 4.78 is 23.7. The number of allylic oxidation sites excluding steroid dienone is 2. The molecule has 0 spiro atoms. The summed E-state index contributed by atoms with van der Waals surface area (Å²) in [6.45, 7) is 3.60. The van der Waals surface area contributed by atoms with Gasteiger partial charge in [0.1, 0.15) is 0 Å². The van der Waals surface area contributed by atoms with Crippen LogP contribution in [0.4, 0.5) is 4.79 Å². The number of hydrogen-bond acceptors (Lipinski definition) is 4. The number of urea groups is 1. The molecule has 0 unspecified atom stereocenters. The van der Waals surface area contributed by atoms with Gasteiger partial charge in [-0.3, -0.25) is 9.52 Å². The first-order valence-corrected chi connectivity index (χ1v) is 12.4. The smallest absolute Gasteiger partial charge is 0.314 e. The third-order valence-electron chi connectivity index (χ3n) is 4.14. The van der Waals surface area contributed by atoms with Gasteiger partial charge in [-0.25, -0.2) is 13.2 Å². The van der Waals surface area contributed by atoms with E-state index in [1.54, 1.807) is 0 Å². The van der Waals surface area contributed by atoms with Gasteiger partial charge in [0.05, 0.1) is 6.26 Å². The zero-order chi connectivity index (χ0) is 21.1. The Morgan fingerprint density at radius 1 is 0.786 bits per heavy atom. The normalized spacial score (nSPS) is 11.5. The molecule has 0 rings (SSSR count). The summed E-state index contributed by atoms with van der Waals surface area (Å²) in [5.74, 6) is -0.425. The Bertz CT molecular complexity index is 548. The molecule has 0 saturated heterocycles. The van der Waals surface area contributed by atoms with Crippen LogP contribution in [0.15, 0.2) is 12.2 Å². The van der Waals surface area contributed by atoms with Crippen LogP contribution >= 0.6 is 0 Å². The molecule has 3 N–H and O–H groups in total. The lowest BCUT2D eigenvalue weighted by Gasteiger charge is -2.06. The molecular formula is C20H39N3O4S. The largest absolute Gasteiger partial charge is 0.338 e. The summed E-state index contributed by atoms with van der Waals surface area (Å²) in [4.78, 5) is 22.8. The molecule has 0 aliphatic rings. The third-order valence-corrected chi connectivity index (χ3v) is 4.74. The molecular weight excluding hydrogens is 378 g/mol. The van der Waals surface area contributed by atoms with E-state index in [1.807, 2.05) is 4.72 Å². The first kappa shape index (κ1) is 26.4. The van der Waals surface area contributed by atoms with E-state index in [1.165, 1.54) is 0 Å². The van der Waals surface area contributed by atoms with Crippen molar-refractivity contribution in [2.24, 2.45) is 0 Å². The number of unbranched alkanes of at least 4 members (excludes halogenated alkanes) is 8. The number of hydrogen-bond donors (Lipinski definition) is 3. The lowest BCUT2D eigenvalue weighted by molar-refractivity contribution is -0.119. The van der Waals surface area contributed by atoms with Gasteiger partial charge in [-0.1, -0.05) is 44.8 Å². The molecule has 0 aliphatic carbocycles. The number of nitrogens with one attached hydrogen (secondary N) is 3. The lowest BCUT2D eigenvalue weighted by atomic mass is 10.1. The van der Waals surface area contributed by atoms with Crippen molar-refractivity contribution >= 4 is 22.0 Å². The monoisotopic (exact) mass is 417 g/mol. The summed E-state index contributed by atoms with van der Waals surface area (Å²) >= 11 is 0. The Labute approximate surface area is 171 Å². The van der Waals surface area contributed by atoms with Crippen molar-refractivity contribution in [1.29, 1.82) is 0 Å². The summed E-state index contributed by atoms with van der Waals surface area (Å²) in [6.07, 6.45) is 16.8. The van der Waals surface area contributed by atoms with E-state index in [0.29, 0.717) is 13.0 Å². The van der Waals surface area contributed by atoms with Gasteiger partial charge in [0, 0.05) is 19.5 Å². The standard InChI is InChI=1S/C20H39N3O4S/c1-3-4-14-17-21-20(25)22-18-15-12-10-8-6-5-7-9-11-13-16-19(24)23-28(2,26)27/h6,8H,3-5,7,9-18H2,1-2H3,(H,23,24)(H2,21,22,25). The fourth-order valence-electron chi connectivity index (χ4n) is 2.62. The molecule has 0 fully saturated rings. The van der Waals surface area contributed by atoms with Gasteiger partial charge < -0.3 is 10.6 Å². The van der Waals surface area contributed by atoms with Crippen molar-refractivity contribution in [2.45, 2.75) is 84.0 Å². The zero-order valence-corrected chi connectivity index (χ0v) is 18.4. The average Bonchev–Trinajstić information content (AvgIpc) is 2.61. The molecule has 0 aromatic carbocycles. The fraction of sp³-hybridized carbons (Fsp3) is 0.800. The molecule has 8 heteroatoms. The minimum absolute atomic E-state index is 0.0690. The van der Waals surface area contributed by atoms with E-state index in [4.69, 9.17) is 0 Å². The molecule has 0 atom stereocenters. The molecule has 0 bridgehead atoms. The van der Waals surface area contributed by atoms with Crippen LogP contribution in [-0.4, -0.2) is 39.7 Å². The second-order valence-corrected chi connectivity index (χ2v) is 8.86. The molecule has 0 heterocycles. The van der Waals surface area contributed by atoms with Crippen LogP contribution in [0.5, 0.6) is 0 Å². The first-order chi connectivity index (χ1) is 13.3. The topological polar surface area (TPSA) is 104 Å². The van der Waals surface area contributed by atoms with E-state index >= 15 is 0 Å². The summed E-state index contributed by atoms with van der Waals surface area (Å²) in [6, 6.07) is -0.0690. The number of rotatable bonds is 17. The van der Waals surface area contributed by atoms with Gasteiger partial charge in [0.25, 0.3) is 0 Å². The maximum Gasteiger partial charge on any atom is 0.314 e. The van der Waals surface area contributed by atoms with Crippen LogP contribution in [0.3, 0.4) is 0 Å². The number of carbonyl (C=O) groups excluding carboxylic acids is 2. The highest BCUT2D eigenvalue weighted by Gasteiger charge is 2.07. The first-order valence-electron chi connectivity index (χ1n) is 10.5. The molecule has 3 amide bonds. The van der Waals surface area contributed by atoms with Gasteiger partial charge in [-0.05, 0) is 44.9 Å². The van der Waals surface area contributed by atoms with Crippen LogP contribution in [-0.2, 0) is 14.8 Å². The van der Waals surface area contributed by atoms with Crippen molar-refractivity contribution in [2.75, 3.05) is 19.3 Å². The van der Waals surface area contributed by atoms with Crippen molar-refractivity contribution in [3.05, 3.63) is 12.2 Å². The maximum absolute atomic E-state index is 11.5. The van der Waals surface area contributed by atoms with Gasteiger partial charge in [-0.15, -0.1) is 0 Å². The SMILES string of the molecule is CCCCCNC(=O)NCCCCC=CCCCCCCC(=O)NS(C)(=O)=O. The van der Waals surface area contributed by atoms with E-state index < -0.39 is 15.9 Å². The molecule has 0 radical (unpaired) electrons. The Morgan fingerprint density at radius 3 is 1.89 bits per heavy atom. The summed E-state index contributed by atoms with van der Waals surface area (Å²) in [5.41, 5.74) is 0. The van der Waals surface area contributed by atoms with Gasteiger partial charge in [0.2, 0.25) is 15.9 Å². The van der Waals surface area contributed by atoms with Crippen LogP contribution in [0.25, 0.3) is 0 Å². The average molecular weight is 418 g/mol. The van der Waals surface area contributed by atoms with E-state index in [9.17, 15) is 18.0 Å². The molecule has 28 heavy (non-hydrogen) atoms. The van der Waals surface area contributed by atoms with Crippen molar-refractivity contribution in [1.82, 2.24) is 15.4 Å². The van der Waals surface area contributed by atoms with E-state index in [2.05, 4.69) is 29.7 Å². The highest BCUT2D eigenvalue weighted by molar-refractivity contribution is 7.89. The lowest BCUT2D eigenvalue weighted by Crippen LogP contribution is -2.36. The Morgan fingerprint density at radius 2 is 1.32 bits per heavy atom. The molecule has 7 nitrogen and oxygen atoms in total. The van der Waals surface area contributed by atoms with E-state index in [-0.39, 0.29) is 12.5 Å². The minimum atomic E-state index is -3.43. The number of carbonyl (C=O) groups is 2. The Hall–Kier alpha value is -1.57. The highest BCUT2D eigenvalue weighted by Crippen LogP contribution is 2.07. The van der Waals surface area contributed by atoms with Gasteiger partial charge >= 0.3 is 6.03 Å². The maximum atomic E-state index is 11.5. The quantitative estimate of drug-likeness (QED) is 0.248. The molecule has 0 aromatic rings. The molecule has 0 aromatic heterocycles. The predicted molar refractivity (Wildman–Crippen MR) is 115 cm³/mol. The number of amides is 3. The second kappa shape index (κ2) is 17.5. The number of sulfonamides is 1. The van der Waals surface area contributed by atoms with Crippen LogP contribution in [0.1, 0.15) is 84.0 Å². The second-order valence-electron chi connectivity index (χ2n) is 7.11. The van der Waals surface area contributed by atoms with E-state index in [0.717, 1.165) is 77.0 Å². The third kappa shape index (κ3) is 20.7. The van der Waals surface area contributed by atoms with Crippen molar-refractivity contribution in [3.8, 4) is 0 Å². The highest BCUT2D eigenvalue weighted by atomic mass is 32.2. The van der Waals surface area contributed by atoms with Crippen LogP contribution < -0.4 is 15.4 Å². The van der Waals surface area contributed by atoms with Crippen LogP contribution in [0.2, 0.25) is 0 Å². The zero-order valence-electron chi connectivity index (χ0n) is 17.6. The molecule has 0 saturated carbocycles. The Kier molecular flexibility index (Phi) is 16.5. The fourth-order valence-corrected chi connectivity index (χ4v) is 3.14. The summed E-state index contributed by atoms with van der Waals surface area (Å²) in [5, 5.41) is 5.73. The molecule has 164 valence electrons. The van der Waals surface area contributed by atoms with Crippen molar-refractivity contribution < 1.29 is 18.0 Å². The van der Waals surface area contributed by atoms with Gasteiger partial charge in [-0.2, -0.15) is 0 Å². The van der Waals surface area contributed by atoms with Crippen LogP contribution in [0, 0.1) is 0 Å².